The summed E-state index contributed by atoms with van der Waals surface area (Å²) >= 11 is 1.60. The van der Waals surface area contributed by atoms with Crippen molar-refractivity contribution in [3.05, 3.63) is 81.4 Å². The van der Waals surface area contributed by atoms with E-state index in [2.05, 4.69) is 10.4 Å². The lowest BCUT2D eigenvalue weighted by Gasteiger charge is -2.31. The largest absolute Gasteiger partial charge is 0.467 e. The smallest absolute Gasteiger partial charge is 0.325 e. The fraction of sp³-hybridized carbons (Fsp3) is 0.308. The Bertz CT molecular complexity index is 1340. The van der Waals surface area contributed by atoms with Gasteiger partial charge in [-0.05, 0) is 55.3 Å². The third kappa shape index (κ3) is 3.49. The number of hydrogen-bond acceptors (Lipinski definition) is 6. The number of hydrazone groups is 1. The molecule has 4 amide bonds. The molecule has 8 nitrogen and oxygen atoms in total. The molecular formula is C26H24N4O4S. The Labute approximate surface area is 206 Å². The lowest BCUT2D eigenvalue weighted by atomic mass is 9.80. The van der Waals surface area contributed by atoms with Crippen LogP contribution in [0.5, 0.6) is 0 Å². The third-order valence-corrected chi connectivity index (χ3v) is 8.03. The monoisotopic (exact) mass is 488 g/mol. The highest BCUT2D eigenvalue weighted by atomic mass is 32.1. The molecule has 2 aliphatic heterocycles. The topological polar surface area (TPSA) is 95.2 Å². The average molecular weight is 489 g/mol. The Kier molecular flexibility index (Phi) is 5.10. The molecular weight excluding hydrogens is 464 g/mol. The lowest BCUT2D eigenvalue weighted by molar-refractivity contribution is -0.140. The van der Waals surface area contributed by atoms with Crippen LogP contribution in [0, 0.1) is 6.92 Å². The lowest BCUT2D eigenvalue weighted by Crippen LogP contribution is -2.46. The maximum Gasteiger partial charge on any atom is 0.325 e. The number of benzene rings is 1. The van der Waals surface area contributed by atoms with Crippen LogP contribution in [0.3, 0.4) is 0 Å². The molecule has 1 fully saturated rings. The zero-order valence-electron chi connectivity index (χ0n) is 19.2. The van der Waals surface area contributed by atoms with E-state index in [1.165, 1.54) is 5.01 Å². The summed E-state index contributed by atoms with van der Waals surface area (Å²) in [6.45, 7) is 1.63. The van der Waals surface area contributed by atoms with Crippen LogP contribution in [-0.4, -0.2) is 40.0 Å². The van der Waals surface area contributed by atoms with Crippen LogP contribution in [0.4, 0.5) is 4.79 Å². The Morgan fingerprint density at radius 2 is 2.06 bits per heavy atom. The van der Waals surface area contributed by atoms with Gasteiger partial charge in [-0.15, -0.1) is 11.3 Å². The predicted octanol–water partition coefficient (Wildman–Crippen LogP) is 4.11. The fourth-order valence-corrected chi connectivity index (χ4v) is 6.26. The van der Waals surface area contributed by atoms with Gasteiger partial charge in [-0.25, -0.2) is 9.80 Å². The number of thiophene rings is 1. The van der Waals surface area contributed by atoms with Crippen molar-refractivity contribution in [2.24, 2.45) is 5.10 Å². The summed E-state index contributed by atoms with van der Waals surface area (Å²) in [5, 5.41) is 10.8. The van der Waals surface area contributed by atoms with Crippen molar-refractivity contribution in [2.75, 3.05) is 6.54 Å². The molecule has 2 unspecified atom stereocenters. The summed E-state index contributed by atoms with van der Waals surface area (Å²) < 4.78 is 5.61. The van der Waals surface area contributed by atoms with Crippen LogP contribution in [0.2, 0.25) is 0 Å². The number of hydrogen-bond donors (Lipinski definition) is 1. The number of carbonyl (C=O) groups is 3. The number of urea groups is 1. The van der Waals surface area contributed by atoms with Crippen LogP contribution in [0.25, 0.3) is 0 Å². The molecule has 6 rings (SSSR count). The number of amides is 4. The van der Waals surface area contributed by atoms with E-state index in [0.29, 0.717) is 18.6 Å². The number of aryl methyl sites for hydroxylation is 2. The molecule has 1 aliphatic carbocycles. The van der Waals surface area contributed by atoms with Crippen molar-refractivity contribution in [2.45, 2.75) is 44.2 Å². The number of furan rings is 1. The molecule has 1 N–H and O–H groups in total. The Morgan fingerprint density at radius 1 is 1.23 bits per heavy atom. The SMILES string of the molecule is Cc1ccc(C2=NN(C(=O)CN3C(=O)NC4(CCCc5sccc54)C3=O)C(c3ccco3)C2)cc1. The number of carbonyl (C=O) groups excluding carboxylic acids is 3. The predicted molar refractivity (Wildman–Crippen MR) is 130 cm³/mol. The zero-order valence-corrected chi connectivity index (χ0v) is 20.0. The molecule has 0 saturated carbocycles. The van der Waals surface area contributed by atoms with E-state index in [4.69, 9.17) is 4.42 Å². The molecule has 0 bridgehead atoms. The van der Waals surface area contributed by atoms with Crippen molar-refractivity contribution in [1.29, 1.82) is 0 Å². The van der Waals surface area contributed by atoms with Gasteiger partial charge in [-0.3, -0.25) is 14.5 Å². The van der Waals surface area contributed by atoms with E-state index < -0.39 is 23.5 Å². The summed E-state index contributed by atoms with van der Waals surface area (Å²) in [5.41, 5.74) is 2.59. The average Bonchev–Trinajstić information content (AvgIpc) is 3.64. The minimum Gasteiger partial charge on any atom is -0.467 e. The highest BCUT2D eigenvalue weighted by Gasteiger charge is 2.55. The molecule has 2 atom stereocenters. The van der Waals surface area contributed by atoms with Gasteiger partial charge in [0.15, 0.2) is 0 Å². The van der Waals surface area contributed by atoms with E-state index in [1.54, 1.807) is 29.7 Å². The maximum absolute atomic E-state index is 13.6. The standard InChI is InChI=1S/C26H24N4O4S/c1-16-6-8-17(9-7-16)19-14-20(21-4-3-12-34-21)30(28-19)23(31)15-29-24(32)26(27-25(29)33)11-2-5-22-18(26)10-13-35-22/h3-4,6-10,12-13,20H,2,5,11,14-15H2,1H3,(H,27,33). The number of nitrogens with one attached hydrogen (secondary N) is 1. The molecule has 4 heterocycles. The van der Waals surface area contributed by atoms with E-state index in [-0.39, 0.29) is 12.5 Å². The minimum absolute atomic E-state index is 0.369. The first-order chi connectivity index (χ1) is 17.0. The molecule has 3 aromatic rings. The van der Waals surface area contributed by atoms with Crippen LogP contribution in [-0.2, 0) is 21.5 Å². The summed E-state index contributed by atoms with van der Waals surface area (Å²) in [7, 11) is 0. The molecule has 0 radical (unpaired) electrons. The second-order valence-corrected chi connectivity index (χ2v) is 10.2. The summed E-state index contributed by atoms with van der Waals surface area (Å²) in [6.07, 6.45) is 4.26. The van der Waals surface area contributed by atoms with Crippen molar-refractivity contribution in [1.82, 2.24) is 15.2 Å². The quantitative estimate of drug-likeness (QED) is 0.559. The van der Waals surface area contributed by atoms with E-state index in [9.17, 15) is 14.4 Å². The van der Waals surface area contributed by atoms with Crippen molar-refractivity contribution >= 4 is 34.9 Å². The van der Waals surface area contributed by atoms with Crippen molar-refractivity contribution in [3.63, 3.8) is 0 Å². The van der Waals surface area contributed by atoms with Gasteiger partial charge in [0.1, 0.15) is 23.9 Å². The summed E-state index contributed by atoms with van der Waals surface area (Å²) in [4.78, 5) is 42.1. The number of imide groups is 1. The summed E-state index contributed by atoms with van der Waals surface area (Å²) in [5.74, 6) is -0.199. The van der Waals surface area contributed by atoms with Crippen molar-refractivity contribution in [3.8, 4) is 0 Å². The fourth-order valence-electron chi connectivity index (χ4n) is 5.26. The first-order valence-corrected chi connectivity index (χ1v) is 12.6. The van der Waals surface area contributed by atoms with Crippen LogP contribution < -0.4 is 5.32 Å². The molecule has 1 saturated heterocycles. The normalized spacial score (nSPS) is 23.6. The Balaban J connectivity index is 1.28. The Morgan fingerprint density at radius 3 is 2.83 bits per heavy atom. The molecule has 3 aliphatic rings. The van der Waals surface area contributed by atoms with Gasteiger partial charge in [0.2, 0.25) is 0 Å². The number of fused-ring (bicyclic) bond motifs is 2. The maximum atomic E-state index is 13.6. The molecule has 1 spiro atoms. The van der Waals surface area contributed by atoms with Crippen LogP contribution in [0.15, 0.2) is 63.6 Å². The first kappa shape index (κ1) is 21.8. The van der Waals surface area contributed by atoms with Gasteiger partial charge in [0.25, 0.3) is 11.8 Å². The van der Waals surface area contributed by atoms with Crippen LogP contribution >= 0.6 is 11.3 Å². The molecule has 1 aromatic carbocycles. The Hall–Kier alpha value is -3.72. The van der Waals surface area contributed by atoms with Gasteiger partial charge >= 0.3 is 6.03 Å². The molecule has 9 heteroatoms. The number of rotatable bonds is 4. The molecule has 2 aromatic heterocycles. The van der Waals surface area contributed by atoms with Crippen LogP contribution in [0.1, 0.15) is 52.6 Å². The van der Waals surface area contributed by atoms with E-state index in [1.807, 2.05) is 42.6 Å². The van der Waals surface area contributed by atoms with Gasteiger partial charge in [0.05, 0.1) is 12.0 Å². The first-order valence-electron chi connectivity index (χ1n) is 11.7. The number of nitrogens with zero attached hydrogens (tertiary/aromatic N) is 3. The zero-order chi connectivity index (χ0) is 24.2. The summed E-state index contributed by atoms with van der Waals surface area (Å²) in [6, 6.07) is 12.5. The van der Waals surface area contributed by atoms with Gasteiger partial charge in [-0.1, -0.05) is 29.8 Å². The molecule has 35 heavy (non-hydrogen) atoms. The highest BCUT2D eigenvalue weighted by molar-refractivity contribution is 7.10. The van der Waals surface area contributed by atoms with E-state index in [0.717, 1.165) is 45.0 Å². The molecule has 178 valence electrons. The second kappa shape index (κ2) is 8.20. The van der Waals surface area contributed by atoms with Gasteiger partial charge in [0, 0.05) is 16.9 Å². The van der Waals surface area contributed by atoms with E-state index >= 15 is 0 Å². The second-order valence-electron chi connectivity index (χ2n) is 9.22. The third-order valence-electron chi connectivity index (χ3n) is 7.05. The van der Waals surface area contributed by atoms with Gasteiger partial charge in [-0.2, -0.15) is 5.10 Å². The van der Waals surface area contributed by atoms with Crippen molar-refractivity contribution < 1.29 is 18.8 Å². The highest BCUT2D eigenvalue weighted by Crippen LogP contribution is 2.42. The minimum atomic E-state index is -1.08. The van der Waals surface area contributed by atoms with Gasteiger partial charge < -0.3 is 9.73 Å².